The van der Waals surface area contributed by atoms with E-state index in [1.54, 1.807) is 13.8 Å². The monoisotopic (exact) mass is 232 g/mol. The van der Waals surface area contributed by atoms with Crippen LogP contribution in [0.5, 0.6) is 0 Å². The average Bonchev–Trinajstić information content (AvgIpc) is 2.23. The van der Waals surface area contributed by atoms with Crippen LogP contribution in [0.3, 0.4) is 0 Å². The molecule has 0 aromatic carbocycles. The molecule has 1 aliphatic rings. The average molecular weight is 232 g/mol. The molecule has 3 heteroatoms. The van der Waals surface area contributed by atoms with E-state index >= 15 is 0 Å². The zero-order valence-electron chi connectivity index (χ0n) is 10.6. The smallest absolute Gasteiger partial charge is 0.157 e. The van der Waals surface area contributed by atoms with Gasteiger partial charge in [-0.15, -0.1) is 0 Å². The summed E-state index contributed by atoms with van der Waals surface area (Å²) in [5.74, 6) is 0. The van der Waals surface area contributed by atoms with E-state index in [-0.39, 0.29) is 6.29 Å². The Morgan fingerprint density at radius 3 is 2.69 bits per heavy atom. The minimum Gasteiger partial charge on any atom is -0.353 e. The molecule has 1 atom stereocenters. The van der Waals surface area contributed by atoms with E-state index in [9.17, 15) is 4.39 Å². The van der Waals surface area contributed by atoms with Crippen LogP contribution in [-0.4, -0.2) is 25.2 Å². The highest BCUT2D eigenvalue weighted by molar-refractivity contribution is 4.65. The van der Waals surface area contributed by atoms with Crippen molar-refractivity contribution >= 4 is 0 Å². The summed E-state index contributed by atoms with van der Waals surface area (Å²) < 4.78 is 24.2. The van der Waals surface area contributed by atoms with Crippen molar-refractivity contribution in [1.29, 1.82) is 0 Å². The van der Waals surface area contributed by atoms with Crippen molar-refractivity contribution in [2.45, 2.75) is 70.8 Å². The summed E-state index contributed by atoms with van der Waals surface area (Å²) in [6.45, 7) is 4.86. The Morgan fingerprint density at radius 1 is 1.25 bits per heavy atom. The van der Waals surface area contributed by atoms with Crippen LogP contribution in [0, 0.1) is 0 Å². The van der Waals surface area contributed by atoms with Crippen LogP contribution in [-0.2, 0) is 9.47 Å². The second-order valence-corrected chi connectivity index (χ2v) is 5.20. The summed E-state index contributed by atoms with van der Waals surface area (Å²) in [7, 11) is 0. The maximum atomic E-state index is 13.1. The van der Waals surface area contributed by atoms with Gasteiger partial charge in [0.1, 0.15) is 5.67 Å². The van der Waals surface area contributed by atoms with Gasteiger partial charge in [-0.2, -0.15) is 0 Å². The Kier molecular flexibility index (Phi) is 6.29. The van der Waals surface area contributed by atoms with Crippen molar-refractivity contribution < 1.29 is 13.9 Å². The summed E-state index contributed by atoms with van der Waals surface area (Å²) in [5, 5.41) is 0. The molecule has 2 nitrogen and oxygen atoms in total. The maximum Gasteiger partial charge on any atom is 0.157 e. The highest BCUT2D eigenvalue weighted by Gasteiger charge is 2.15. The van der Waals surface area contributed by atoms with Crippen LogP contribution < -0.4 is 0 Å². The van der Waals surface area contributed by atoms with Crippen molar-refractivity contribution in [2.24, 2.45) is 0 Å². The van der Waals surface area contributed by atoms with Crippen molar-refractivity contribution in [3.63, 3.8) is 0 Å². The molecule has 16 heavy (non-hydrogen) atoms. The fraction of sp³-hybridized carbons (Fsp3) is 1.00. The molecule has 0 unspecified atom stereocenters. The van der Waals surface area contributed by atoms with Gasteiger partial charge < -0.3 is 9.47 Å². The molecule has 0 aromatic rings. The van der Waals surface area contributed by atoms with Gasteiger partial charge >= 0.3 is 0 Å². The first kappa shape index (κ1) is 13.9. The number of alkyl halides is 1. The summed E-state index contributed by atoms with van der Waals surface area (Å²) >= 11 is 0. The standard InChI is InChI=1S/C13H25FO2/c1-13(2,14)9-5-3-6-10-15-12-8-4-7-11-16-12/h12H,3-11H2,1-2H3/t12-/m0/s1. The predicted octanol–water partition coefficient (Wildman–Crippen LogP) is 3.84. The highest BCUT2D eigenvalue weighted by Crippen LogP contribution is 2.18. The van der Waals surface area contributed by atoms with Gasteiger partial charge in [0.15, 0.2) is 6.29 Å². The van der Waals surface area contributed by atoms with E-state index in [0.717, 1.165) is 45.3 Å². The van der Waals surface area contributed by atoms with E-state index < -0.39 is 5.67 Å². The van der Waals surface area contributed by atoms with Gasteiger partial charge in [-0.3, -0.25) is 0 Å². The fourth-order valence-corrected chi connectivity index (χ4v) is 1.88. The van der Waals surface area contributed by atoms with E-state index in [2.05, 4.69) is 0 Å². The summed E-state index contributed by atoms with van der Waals surface area (Å²) in [4.78, 5) is 0. The molecule has 1 aliphatic heterocycles. The highest BCUT2D eigenvalue weighted by atomic mass is 19.1. The SMILES string of the molecule is CC(C)(F)CCCCCO[C@@H]1CCCCO1. The van der Waals surface area contributed by atoms with Crippen molar-refractivity contribution in [1.82, 2.24) is 0 Å². The molecule has 1 saturated heterocycles. The zero-order valence-corrected chi connectivity index (χ0v) is 10.6. The third kappa shape index (κ3) is 7.18. The van der Waals surface area contributed by atoms with Crippen LogP contribution in [0.25, 0.3) is 0 Å². The molecule has 0 aliphatic carbocycles. The number of hydrogen-bond acceptors (Lipinski definition) is 2. The predicted molar refractivity (Wildman–Crippen MR) is 63.2 cm³/mol. The van der Waals surface area contributed by atoms with Gasteiger partial charge in [-0.25, -0.2) is 4.39 Å². The summed E-state index contributed by atoms with van der Waals surface area (Å²) in [6, 6.07) is 0. The molecule has 0 radical (unpaired) electrons. The van der Waals surface area contributed by atoms with E-state index in [0.29, 0.717) is 6.42 Å². The van der Waals surface area contributed by atoms with E-state index in [4.69, 9.17) is 9.47 Å². The van der Waals surface area contributed by atoms with Crippen LogP contribution >= 0.6 is 0 Å². The molecular formula is C13H25FO2. The van der Waals surface area contributed by atoms with Gasteiger partial charge in [0.05, 0.1) is 0 Å². The normalized spacial score (nSPS) is 22.3. The maximum absolute atomic E-state index is 13.1. The Labute approximate surface area is 98.5 Å². The Bertz CT molecular complexity index is 171. The van der Waals surface area contributed by atoms with Gasteiger partial charge in [0.25, 0.3) is 0 Å². The molecule has 1 rings (SSSR count). The molecular weight excluding hydrogens is 207 g/mol. The van der Waals surface area contributed by atoms with Gasteiger partial charge in [0, 0.05) is 13.2 Å². The molecule has 0 aromatic heterocycles. The lowest BCUT2D eigenvalue weighted by molar-refractivity contribution is -0.162. The largest absolute Gasteiger partial charge is 0.353 e. The number of ether oxygens (including phenoxy) is 2. The Hall–Kier alpha value is -0.150. The van der Waals surface area contributed by atoms with Crippen LogP contribution in [0.4, 0.5) is 4.39 Å². The molecule has 1 fully saturated rings. The van der Waals surface area contributed by atoms with Crippen molar-refractivity contribution in [2.75, 3.05) is 13.2 Å². The lowest BCUT2D eigenvalue weighted by Crippen LogP contribution is -2.22. The molecule has 0 N–H and O–H groups in total. The minimum atomic E-state index is -1.02. The van der Waals surface area contributed by atoms with Crippen LogP contribution in [0.1, 0.15) is 58.8 Å². The lowest BCUT2D eigenvalue weighted by Gasteiger charge is -2.22. The van der Waals surface area contributed by atoms with E-state index in [1.807, 2.05) is 0 Å². The molecule has 0 spiro atoms. The third-order valence-corrected chi connectivity index (χ3v) is 2.86. The molecule has 0 amide bonds. The number of hydrogen-bond donors (Lipinski definition) is 0. The first-order chi connectivity index (χ1) is 7.58. The Morgan fingerprint density at radius 2 is 2.06 bits per heavy atom. The second-order valence-electron chi connectivity index (χ2n) is 5.20. The summed E-state index contributed by atoms with van der Waals surface area (Å²) in [6.07, 6.45) is 7.05. The zero-order chi connectivity index (χ0) is 11.9. The number of unbranched alkanes of at least 4 members (excludes halogenated alkanes) is 2. The first-order valence-corrected chi connectivity index (χ1v) is 6.50. The fourth-order valence-electron chi connectivity index (χ4n) is 1.88. The second kappa shape index (κ2) is 7.23. The molecule has 96 valence electrons. The number of rotatable bonds is 7. The molecule has 1 heterocycles. The minimum absolute atomic E-state index is 0.0198. The third-order valence-electron chi connectivity index (χ3n) is 2.86. The van der Waals surface area contributed by atoms with Crippen molar-refractivity contribution in [3.8, 4) is 0 Å². The van der Waals surface area contributed by atoms with Gasteiger partial charge in [-0.1, -0.05) is 12.8 Å². The molecule has 0 saturated carbocycles. The van der Waals surface area contributed by atoms with Gasteiger partial charge in [0.2, 0.25) is 0 Å². The first-order valence-electron chi connectivity index (χ1n) is 6.50. The van der Waals surface area contributed by atoms with Crippen LogP contribution in [0.15, 0.2) is 0 Å². The Balaban J connectivity index is 1.87. The topological polar surface area (TPSA) is 18.5 Å². The summed E-state index contributed by atoms with van der Waals surface area (Å²) in [5.41, 5.74) is -1.02. The van der Waals surface area contributed by atoms with E-state index in [1.165, 1.54) is 6.42 Å². The quantitative estimate of drug-likeness (QED) is 0.621. The van der Waals surface area contributed by atoms with Crippen LogP contribution in [0.2, 0.25) is 0 Å². The lowest BCUT2D eigenvalue weighted by atomic mass is 10.0. The molecule has 0 bridgehead atoms. The number of halogens is 1. The van der Waals surface area contributed by atoms with Gasteiger partial charge in [-0.05, 0) is 46.0 Å². The van der Waals surface area contributed by atoms with Crippen molar-refractivity contribution in [3.05, 3.63) is 0 Å².